The van der Waals surface area contributed by atoms with Gasteiger partial charge in [-0.15, -0.1) is 0 Å². The number of ether oxygens (including phenoxy) is 1. The van der Waals surface area contributed by atoms with E-state index in [0.717, 1.165) is 25.6 Å². The maximum absolute atomic E-state index is 13.0. The van der Waals surface area contributed by atoms with Crippen LogP contribution in [-0.2, 0) is 17.7 Å². The Hall–Kier alpha value is -3.48. The quantitative estimate of drug-likeness (QED) is 0.506. The van der Waals surface area contributed by atoms with Gasteiger partial charge in [0.2, 0.25) is 0 Å². The monoisotopic (exact) mass is 497 g/mol. The lowest BCUT2D eigenvalue weighted by Gasteiger charge is -2.32. The van der Waals surface area contributed by atoms with Gasteiger partial charge in [-0.2, -0.15) is 0 Å². The van der Waals surface area contributed by atoms with Gasteiger partial charge in [0.1, 0.15) is 0 Å². The third-order valence-electron chi connectivity index (χ3n) is 7.40. The molecule has 2 heterocycles. The summed E-state index contributed by atoms with van der Waals surface area (Å²) in [4.78, 5) is 30.3. The predicted molar refractivity (Wildman–Crippen MR) is 146 cm³/mol. The summed E-state index contributed by atoms with van der Waals surface area (Å²) < 4.78 is 5.36. The molecule has 1 N–H and O–H groups in total. The molecule has 0 atom stereocenters. The first-order valence-corrected chi connectivity index (χ1v) is 13.3. The van der Waals surface area contributed by atoms with E-state index >= 15 is 0 Å². The number of piperidine rings is 1. The van der Waals surface area contributed by atoms with E-state index in [1.807, 2.05) is 36.4 Å². The van der Waals surface area contributed by atoms with Gasteiger partial charge in [-0.05, 0) is 73.7 Å². The van der Waals surface area contributed by atoms with Crippen molar-refractivity contribution in [3.63, 3.8) is 0 Å². The third kappa shape index (κ3) is 6.64. The number of para-hydroxylation sites is 1. The van der Waals surface area contributed by atoms with Gasteiger partial charge in [0, 0.05) is 25.2 Å². The fourth-order valence-electron chi connectivity index (χ4n) is 5.23. The first-order chi connectivity index (χ1) is 18.2. The minimum atomic E-state index is -0.212. The summed E-state index contributed by atoms with van der Waals surface area (Å²) in [5, 5.41) is 2.94. The number of nitrogens with zero attached hydrogens (tertiary/aromatic N) is 2. The van der Waals surface area contributed by atoms with Crippen molar-refractivity contribution in [2.45, 2.75) is 25.8 Å². The highest BCUT2D eigenvalue weighted by atomic mass is 16.5. The van der Waals surface area contributed by atoms with Crippen LogP contribution in [0.25, 0.3) is 0 Å². The minimum absolute atomic E-state index is 0.0814. The van der Waals surface area contributed by atoms with Crippen LogP contribution in [0.15, 0.2) is 78.9 Å². The van der Waals surface area contributed by atoms with Crippen molar-refractivity contribution in [3.05, 3.63) is 101 Å². The van der Waals surface area contributed by atoms with Crippen LogP contribution in [0.2, 0.25) is 0 Å². The lowest BCUT2D eigenvalue weighted by atomic mass is 9.90. The Morgan fingerprint density at radius 3 is 2.19 bits per heavy atom. The Bertz CT molecular complexity index is 1180. The molecule has 5 rings (SSSR count). The molecule has 0 spiro atoms. The Morgan fingerprint density at radius 2 is 1.46 bits per heavy atom. The van der Waals surface area contributed by atoms with E-state index in [4.69, 9.17) is 4.74 Å². The lowest BCUT2D eigenvalue weighted by molar-refractivity contribution is 0.0303. The van der Waals surface area contributed by atoms with Crippen molar-refractivity contribution in [1.82, 2.24) is 9.80 Å². The Balaban J connectivity index is 1.14. The van der Waals surface area contributed by atoms with E-state index < -0.39 is 0 Å². The molecule has 37 heavy (non-hydrogen) atoms. The summed E-state index contributed by atoms with van der Waals surface area (Å²) in [5.41, 5.74) is 4.26. The molecule has 0 unspecified atom stereocenters. The van der Waals surface area contributed by atoms with Gasteiger partial charge in [-0.1, -0.05) is 54.6 Å². The van der Waals surface area contributed by atoms with Gasteiger partial charge < -0.3 is 15.0 Å². The van der Waals surface area contributed by atoms with E-state index in [9.17, 15) is 9.59 Å². The number of morpholine rings is 1. The second kappa shape index (κ2) is 12.2. The van der Waals surface area contributed by atoms with Crippen molar-refractivity contribution < 1.29 is 14.3 Å². The van der Waals surface area contributed by atoms with Crippen LogP contribution in [0.1, 0.15) is 44.7 Å². The van der Waals surface area contributed by atoms with Crippen molar-refractivity contribution in [3.8, 4) is 0 Å². The molecule has 6 heteroatoms. The SMILES string of the molecule is O=C(Nc1ccccc1C(=O)N1CCOCC1)c1ccc(CN2CCC(Cc3ccccc3)CC2)cc1. The second-order valence-electron chi connectivity index (χ2n) is 10.0. The van der Waals surface area contributed by atoms with E-state index in [1.54, 1.807) is 17.0 Å². The smallest absolute Gasteiger partial charge is 0.256 e. The fraction of sp³-hybridized carbons (Fsp3) is 0.355. The maximum atomic E-state index is 13.0. The first kappa shape index (κ1) is 25.2. The molecule has 2 amide bonds. The van der Waals surface area contributed by atoms with Crippen LogP contribution in [0.5, 0.6) is 0 Å². The molecular formula is C31H35N3O3. The van der Waals surface area contributed by atoms with Crippen molar-refractivity contribution >= 4 is 17.5 Å². The first-order valence-electron chi connectivity index (χ1n) is 13.3. The van der Waals surface area contributed by atoms with Gasteiger partial charge in [0.15, 0.2) is 0 Å². The normalized spacial score (nSPS) is 16.9. The molecule has 2 aliphatic rings. The molecule has 0 saturated carbocycles. The number of nitrogens with one attached hydrogen (secondary N) is 1. The summed E-state index contributed by atoms with van der Waals surface area (Å²) in [6.07, 6.45) is 3.61. The number of benzene rings is 3. The van der Waals surface area contributed by atoms with E-state index in [0.29, 0.717) is 43.1 Å². The van der Waals surface area contributed by atoms with E-state index in [1.165, 1.54) is 30.4 Å². The molecule has 2 fully saturated rings. The Kier molecular flexibility index (Phi) is 8.28. The zero-order chi connectivity index (χ0) is 25.5. The highest BCUT2D eigenvalue weighted by Crippen LogP contribution is 2.23. The number of anilines is 1. The van der Waals surface area contributed by atoms with Crippen LogP contribution in [0.4, 0.5) is 5.69 Å². The van der Waals surface area contributed by atoms with Gasteiger partial charge in [0.25, 0.3) is 11.8 Å². The maximum Gasteiger partial charge on any atom is 0.256 e. The summed E-state index contributed by atoms with van der Waals surface area (Å²) >= 11 is 0. The Morgan fingerprint density at radius 1 is 0.784 bits per heavy atom. The average Bonchev–Trinajstić information content (AvgIpc) is 2.95. The van der Waals surface area contributed by atoms with Crippen molar-refractivity contribution in [2.75, 3.05) is 44.7 Å². The summed E-state index contributed by atoms with van der Waals surface area (Å²) in [6, 6.07) is 25.8. The van der Waals surface area contributed by atoms with E-state index in [2.05, 4.69) is 40.5 Å². The number of carbonyl (C=O) groups excluding carboxylic acids is 2. The fourth-order valence-corrected chi connectivity index (χ4v) is 5.23. The van der Waals surface area contributed by atoms with Gasteiger partial charge in [0.05, 0.1) is 24.5 Å². The summed E-state index contributed by atoms with van der Waals surface area (Å²) in [5.74, 6) is 0.459. The summed E-state index contributed by atoms with van der Waals surface area (Å²) in [7, 11) is 0. The third-order valence-corrected chi connectivity index (χ3v) is 7.40. The highest BCUT2D eigenvalue weighted by Gasteiger charge is 2.22. The van der Waals surface area contributed by atoms with Crippen LogP contribution >= 0.6 is 0 Å². The molecule has 0 aromatic heterocycles. The molecule has 0 aliphatic carbocycles. The number of hydrogen-bond donors (Lipinski definition) is 1. The van der Waals surface area contributed by atoms with Crippen LogP contribution in [0, 0.1) is 5.92 Å². The topological polar surface area (TPSA) is 61.9 Å². The molecule has 2 saturated heterocycles. The van der Waals surface area contributed by atoms with Crippen molar-refractivity contribution in [2.24, 2.45) is 5.92 Å². The number of rotatable bonds is 7. The molecular weight excluding hydrogens is 462 g/mol. The Labute approximate surface area is 219 Å². The molecule has 2 aliphatic heterocycles. The zero-order valence-electron chi connectivity index (χ0n) is 21.3. The van der Waals surface area contributed by atoms with Gasteiger partial charge >= 0.3 is 0 Å². The predicted octanol–water partition coefficient (Wildman–Crippen LogP) is 4.87. The number of amides is 2. The van der Waals surface area contributed by atoms with E-state index in [-0.39, 0.29) is 11.8 Å². The highest BCUT2D eigenvalue weighted by molar-refractivity contribution is 6.09. The largest absolute Gasteiger partial charge is 0.378 e. The molecule has 3 aromatic carbocycles. The van der Waals surface area contributed by atoms with Gasteiger partial charge in [-0.25, -0.2) is 0 Å². The number of likely N-dealkylation sites (tertiary alicyclic amines) is 1. The average molecular weight is 498 g/mol. The molecule has 6 nitrogen and oxygen atoms in total. The van der Waals surface area contributed by atoms with Gasteiger partial charge in [-0.3, -0.25) is 14.5 Å². The lowest BCUT2D eigenvalue weighted by Crippen LogP contribution is -2.41. The molecule has 3 aromatic rings. The minimum Gasteiger partial charge on any atom is -0.378 e. The zero-order valence-corrected chi connectivity index (χ0v) is 21.3. The van der Waals surface area contributed by atoms with Crippen LogP contribution in [0.3, 0.4) is 0 Å². The van der Waals surface area contributed by atoms with Crippen LogP contribution < -0.4 is 5.32 Å². The second-order valence-corrected chi connectivity index (χ2v) is 10.0. The number of carbonyl (C=O) groups is 2. The molecule has 0 radical (unpaired) electrons. The molecule has 0 bridgehead atoms. The number of hydrogen-bond acceptors (Lipinski definition) is 4. The standard InChI is InChI=1S/C31H35N3O3/c35-30(32-29-9-5-4-8-28(29)31(36)34-18-20-37-21-19-34)27-12-10-26(11-13-27)23-33-16-14-25(15-17-33)22-24-6-2-1-3-7-24/h1-13,25H,14-23H2,(H,32,35). The van der Waals surface area contributed by atoms with Crippen LogP contribution in [-0.4, -0.2) is 61.0 Å². The van der Waals surface area contributed by atoms with Crippen molar-refractivity contribution in [1.29, 1.82) is 0 Å². The molecule has 192 valence electrons. The summed E-state index contributed by atoms with van der Waals surface area (Å²) in [6.45, 7) is 5.31.